The van der Waals surface area contributed by atoms with Crippen molar-refractivity contribution in [3.63, 3.8) is 0 Å². The van der Waals surface area contributed by atoms with Gasteiger partial charge in [0.25, 0.3) is 0 Å². The first-order valence-corrected chi connectivity index (χ1v) is 28.3. The van der Waals surface area contributed by atoms with E-state index in [-0.39, 0.29) is 69.2 Å². The van der Waals surface area contributed by atoms with Gasteiger partial charge in [-0.1, -0.05) is 0 Å². The van der Waals surface area contributed by atoms with Gasteiger partial charge in [-0.3, -0.25) is 38.4 Å². The zero-order chi connectivity index (χ0) is 64.1. The maximum atomic E-state index is 14.9. The molecular weight excluding hydrogens is 1190 g/mol. The SMILES string of the molecule is N[C@@H](Cc1c[nH]cn1)C(=O)N[C@@H](Cc1c[nH]cn1)C(=O)N[C@@H](Cc1c[nH]cn1)C(=O)N[C@@H](Cc1c[nH]cn1)C(=O)N[C@@H](Cc1c[nH]cn1)C(=O)N[C@@H](Cc1c[nH]cn1)C(=O)N[C@@H](Cc1c[nH]cn1)C(=O)N[C@@H](Cc1c[nH]cn1)C(=O)N[C@@H](Cc1c[nH]cn1)C(=O)O. The molecule has 0 radical (unpaired) electrons. The van der Waals surface area contributed by atoms with Gasteiger partial charge < -0.3 is 98.2 Å². The number of carbonyl (C=O) groups excluding carboxylic acids is 8. The number of hydrogen-bond acceptors (Lipinski definition) is 19. The maximum Gasteiger partial charge on any atom is 0.326 e. The van der Waals surface area contributed by atoms with Crippen molar-refractivity contribution in [1.82, 2.24) is 132 Å². The van der Waals surface area contributed by atoms with Crippen molar-refractivity contribution in [2.24, 2.45) is 5.73 Å². The number of H-pyrrole nitrogens is 9. The summed E-state index contributed by atoms with van der Waals surface area (Å²) in [6, 6.07) is -13.0. The van der Waals surface area contributed by atoms with Crippen LogP contribution in [0.25, 0.3) is 0 Å². The Hall–Kier alpha value is -11.9. The molecule has 476 valence electrons. The molecule has 0 aliphatic heterocycles. The van der Waals surface area contributed by atoms with Crippen LogP contribution >= 0.6 is 0 Å². The molecule has 0 saturated carbocycles. The van der Waals surface area contributed by atoms with Gasteiger partial charge in [-0.2, -0.15) is 0 Å². The van der Waals surface area contributed by atoms with Crippen molar-refractivity contribution >= 4 is 53.2 Å². The van der Waals surface area contributed by atoms with Crippen molar-refractivity contribution in [3.8, 4) is 0 Å². The second-order valence-corrected chi connectivity index (χ2v) is 20.8. The zero-order valence-electron chi connectivity index (χ0n) is 48.2. The second-order valence-electron chi connectivity index (χ2n) is 20.8. The van der Waals surface area contributed by atoms with Crippen molar-refractivity contribution in [2.75, 3.05) is 0 Å². The van der Waals surface area contributed by atoms with Gasteiger partial charge in [0.15, 0.2) is 0 Å². The number of imidazole rings is 9. The number of carboxylic acid groups (broad SMARTS) is 1. The number of nitrogens with one attached hydrogen (secondary N) is 17. The van der Waals surface area contributed by atoms with Crippen molar-refractivity contribution < 1.29 is 48.3 Å². The Labute approximate surface area is 514 Å². The molecule has 9 atom stereocenters. The summed E-state index contributed by atoms with van der Waals surface area (Å²) < 4.78 is 0. The lowest BCUT2D eigenvalue weighted by atomic mass is 10.0. The predicted octanol–water partition coefficient (Wildman–Crippen LogP) is -5.03. The van der Waals surface area contributed by atoms with Crippen LogP contribution in [0, 0.1) is 0 Å². The highest BCUT2D eigenvalue weighted by atomic mass is 16.4. The molecule has 0 saturated heterocycles. The summed E-state index contributed by atoms with van der Waals surface area (Å²) in [6.07, 6.45) is 23.8. The molecule has 0 spiro atoms. The molecule has 0 aliphatic carbocycles. The molecule has 37 nitrogen and oxygen atoms in total. The van der Waals surface area contributed by atoms with E-state index in [0.717, 1.165) is 0 Å². The number of hydrogen-bond donors (Lipinski definition) is 19. The van der Waals surface area contributed by atoms with E-state index in [0.29, 0.717) is 39.9 Å². The first-order chi connectivity index (χ1) is 44.1. The number of nitrogens with two attached hydrogens (primary N) is 1. The first kappa shape index (κ1) is 63.6. The van der Waals surface area contributed by atoms with E-state index in [2.05, 4.69) is 132 Å². The van der Waals surface area contributed by atoms with E-state index in [9.17, 15) is 48.3 Å². The lowest BCUT2D eigenvalue weighted by molar-refractivity contribution is -0.142. The molecule has 0 bridgehead atoms. The molecule has 91 heavy (non-hydrogen) atoms. The zero-order valence-corrected chi connectivity index (χ0v) is 48.2. The molecule has 9 rings (SSSR count). The molecule has 20 N–H and O–H groups in total. The Balaban J connectivity index is 0.942. The summed E-state index contributed by atoms with van der Waals surface area (Å²) in [7, 11) is 0. The number of carboxylic acids is 1. The van der Waals surface area contributed by atoms with Crippen LogP contribution in [0.15, 0.2) is 113 Å². The summed E-state index contributed by atoms with van der Waals surface area (Å²) >= 11 is 0. The highest BCUT2D eigenvalue weighted by molar-refractivity contribution is 5.98. The number of aromatic amines is 9. The van der Waals surface area contributed by atoms with E-state index < -0.39 is 108 Å². The van der Waals surface area contributed by atoms with Crippen LogP contribution in [0.1, 0.15) is 51.2 Å². The van der Waals surface area contributed by atoms with Gasteiger partial charge in [0.1, 0.15) is 48.3 Å². The minimum atomic E-state index is -1.55. The summed E-state index contributed by atoms with van der Waals surface area (Å²) in [4.78, 5) is 191. The van der Waals surface area contributed by atoms with Gasteiger partial charge >= 0.3 is 5.97 Å². The number of rotatable bonds is 35. The van der Waals surface area contributed by atoms with Crippen LogP contribution in [0.5, 0.6) is 0 Å². The Kier molecular flexibility index (Phi) is 21.7. The summed E-state index contributed by atoms with van der Waals surface area (Å²) in [5, 5.41) is 31.4. The van der Waals surface area contributed by atoms with E-state index in [1.807, 2.05) is 0 Å². The van der Waals surface area contributed by atoms with Crippen molar-refractivity contribution in [1.29, 1.82) is 0 Å². The monoisotopic (exact) mass is 1250 g/mol. The normalized spacial score (nSPS) is 14.2. The summed E-state index contributed by atoms with van der Waals surface area (Å²) in [6.45, 7) is 0. The van der Waals surface area contributed by atoms with E-state index in [1.165, 1.54) is 107 Å². The number of amides is 8. The number of aliphatic carboxylic acids is 1. The van der Waals surface area contributed by atoms with Gasteiger partial charge in [0, 0.05) is 114 Å². The molecule has 0 unspecified atom stereocenters. The third-order valence-corrected chi connectivity index (χ3v) is 14.1. The third kappa shape index (κ3) is 18.8. The smallest absolute Gasteiger partial charge is 0.326 e. The minimum Gasteiger partial charge on any atom is -0.480 e. The van der Waals surface area contributed by atoms with Gasteiger partial charge in [0.2, 0.25) is 47.3 Å². The molecule has 9 aromatic rings. The molecular formula is C54H65N27O10. The molecule has 9 aromatic heterocycles. The predicted molar refractivity (Wildman–Crippen MR) is 312 cm³/mol. The van der Waals surface area contributed by atoms with Crippen LogP contribution in [-0.4, -0.2) is 202 Å². The Morgan fingerprint density at radius 1 is 0.275 bits per heavy atom. The summed E-state index contributed by atoms with van der Waals surface area (Å²) in [5.41, 5.74) is 9.25. The second kappa shape index (κ2) is 31.1. The highest BCUT2D eigenvalue weighted by Gasteiger charge is 2.37. The molecule has 8 amide bonds. The number of carbonyl (C=O) groups is 9. The fourth-order valence-corrected chi connectivity index (χ4v) is 9.46. The molecule has 0 fully saturated rings. The van der Waals surface area contributed by atoms with Crippen LogP contribution in [0.4, 0.5) is 0 Å². The standard InChI is InChI=1S/C54H65N27O10/c55-37(1-28-10-56-19-65-28)46(82)74-38(2-29-11-57-20-66-29)47(83)75-39(3-30-12-58-21-67-30)48(84)76-40(4-31-13-59-22-68-31)49(85)77-41(5-32-14-60-23-69-32)50(86)78-42(6-33-15-61-24-70-33)51(87)79-43(7-34-16-62-25-71-34)52(88)80-44(8-35-17-63-26-72-35)53(89)81-45(54(90)91)9-36-18-64-27-73-36/h10-27,37-45H,1-9,55H2,(H,56,65)(H,57,66)(H,58,67)(H,59,68)(H,60,69)(H,61,70)(H,62,71)(H,63,72)(H,64,73)(H,74,82)(H,75,83)(H,76,84)(H,77,85)(H,78,86)(H,79,87)(H,80,88)(H,81,89)(H,90,91)/t37-,38-,39-,40-,41-,42-,43-,44-,45-/m0/s1. The average molecular weight is 1250 g/mol. The van der Waals surface area contributed by atoms with E-state index in [4.69, 9.17) is 5.73 Å². The highest BCUT2D eigenvalue weighted by Crippen LogP contribution is 2.12. The summed E-state index contributed by atoms with van der Waals surface area (Å²) in [5.74, 6) is -8.43. The quantitative estimate of drug-likeness (QED) is 0.0177. The molecule has 0 aromatic carbocycles. The molecule has 0 aliphatic rings. The maximum absolute atomic E-state index is 14.9. The van der Waals surface area contributed by atoms with Crippen LogP contribution in [0.2, 0.25) is 0 Å². The van der Waals surface area contributed by atoms with Gasteiger partial charge in [0.05, 0.1) is 114 Å². The molecule has 37 heteroatoms. The van der Waals surface area contributed by atoms with Gasteiger partial charge in [-0.25, -0.2) is 49.7 Å². The van der Waals surface area contributed by atoms with Crippen LogP contribution < -0.4 is 48.3 Å². The van der Waals surface area contributed by atoms with Gasteiger partial charge in [-0.05, 0) is 0 Å². The largest absolute Gasteiger partial charge is 0.480 e. The topological polar surface area (TPSA) is 554 Å². The Morgan fingerprint density at radius 3 is 0.593 bits per heavy atom. The lowest BCUT2D eigenvalue weighted by Crippen LogP contribution is -2.61. The van der Waals surface area contributed by atoms with Crippen molar-refractivity contribution in [2.45, 2.75) is 112 Å². The third-order valence-electron chi connectivity index (χ3n) is 14.1. The lowest BCUT2D eigenvalue weighted by Gasteiger charge is -2.28. The fourth-order valence-electron chi connectivity index (χ4n) is 9.46. The van der Waals surface area contributed by atoms with E-state index >= 15 is 0 Å². The molecule has 9 heterocycles. The fraction of sp³-hybridized carbons (Fsp3) is 0.333. The van der Waals surface area contributed by atoms with Crippen LogP contribution in [0.3, 0.4) is 0 Å². The van der Waals surface area contributed by atoms with Gasteiger partial charge in [-0.15, -0.1) is 0 Å². The van der Waals surface area contributed by atoms with Crippen LogP contribution in [-0.2, 0) is 101 Å². The Bertz CT molecular complexity index is 3710. The minimum absolute atomic E-state index is 0.0315. The van der Waals surface area contributed by atoms with E-state index in [1.54, 1.807) is 6.20 Å². The number of aromatic nitrogens is 18. The first-order valence-electron chi connectivity index (χ1n) is 28.3. The number of nitrogens with zero attached hydrogens (tertiary/aromatic N) is 9. The average Bonchev–Trinajstić information content (AvgIpc) is 3.18. The Morgan fingerprint density at radius 2 is 0.429 bits per heavy atom. The van der Waals surface area contributed by atoms with Crippen molar-refractivity contribution in [3.05, 3.63) is 164 Å².